The van der Waals surface area contributed by atoms with Crippen LogP contribution in [0, 0.1) is 0 Å². The topological polar surface area (TPSA) is 96.7 Å². The molecule has 1 unspecified atom stereocenters. The molecule has 0 bridgehead atoms. The van der Waals surface area contributed by atoms with Crippen molar-refractivity contribution in [1.29, 1.82) is 0 Å². The molecule has 1 saturated heterocycles. The summed E-state index contributed by atoms with van der Waals surface area (Å²) in [5, 5.41) is 11.7. The Morgan fingerprint density at radius 1 is 1.33 bits per heavy atom. The molecule has 1 atom stereocenters. The number of nitrogens with one attached hydrogen (secondary N) is 2. The molecule has 0 amide bonds. The second-order valence-electron chi connectivity index (χ2n) is 5.02. The van der Waals surface area contributed by atoms with Crippen molar-refractivity contribution in [2.24, 2.45) is 5.14 Å². The predicted molar refractivity (Wildman–Crippen MR) is 79.9 cm³/mol. The fraction of sp³-hybridized carbons (Fsp3) is 0.385. The van der Waals surface area contributed by atoms with Gasteiger partial charge in [-0.1, -0.05) is 12.1 Å². The molecule has 0 radical (unpaired) electrons. The second-order valence-corrected chi connectivity index (χ2v) is 6.52. The molecule has 0 aliphatic carbocycles. The number of nitrogens with two attached hydrogens (primary N) is 1. The van der Waals surface area contributed by atoms with Crippen molar-refractivity contribution in [3.63, 3.8) is 0 Å². The summed E-state index contributed by atoms with van der Waals surface area (Å²) in [6.45, 7) is 1.59. The SMILES string of the molecule is NS(=O)(=O)N1CCCNCC1C1=CNc2ccccc2O1. The molecule has 21 heavy (non-hydrogen) atoms. The lowest BCUT2D eigenvalue weighted by Crippen LogP contribution is -2.48. The number of ether oxygens (including phenoxy) is 1. The number of hydrogen-bond acceptors (Lipinski definition) is 5. The van der Waals surface area contributed by atoms with Crippen LogP contribution in [0.5, 0.6) is 5.75 Å². The summed E-state index contributed by atoms with van der Waals surface area (Å²) in [6, 6.07) is 7.04. The summed E-state index contributed by atoms with van der Waals surface area (Å²) >= 11 is 0. The molecular formula is C13H18N4O3S. The fourth-order valence-electron chi connectivity index (χ4n) is 2.55. The predicted octanol–water partition coefficient (Wildman–Crippen LogP) is 0.200. The van der Waals surface area contributed by atoms with Crippen molar-refractivity contribution < 1.29 is 13.2 Å². The van der Waals surface area contributed by atoms with Crippen LogP contribution >= 0.6 is 0 Å². The highest BCUT2D eigenvalue weighted by molar-refractivity contribution is 7.86. The molecule has 2 heterocycles. The molecule has 2 aliphatic heterocycles. The number of hydrogen-bond donors (Lipinski definition) is 3. The highest BCUT2D eigenvalue weighted by atomic mass is 32.2. The lowest BCUT2D eigenvalue weighted by molar-refractivity contribution is 0.280. The first-order chi connectivity index (χ1) is 10.1. The van der Waals surface area contributed by atoms with Crippen LogP contribution in [0.15, 0.2) is 36.2 Å². The van der Waals surface area contributed by atoms with Gasteiger partial charge in [-0.15, -0.1) is 0 Å². The smallest absolute Gasteiger partial charge is 0.277 e. The van der Waals surface area contributed by atoms with E-state index in [1.165, 1.54) is 4.31 Å². The third kappa shape index (κ3) is 3.03. The highest BCUT2D eigenvalue weighted by Crippen LogP contribution is 2.31. The van der Waals surface area contributed by atoms with Gasteiger partial charge in [0.1, 0.15) is 5.76 Å². The minimum absolute atomic E-state index is 0.374. The van der Waals surface area contributed by atoms with Gasteiger partial charge in [-0.3, -0.25) is 0 Å². The third-order valence-electron chi connectivity index (χ3n) is 3.56. The molecule has 114 valence electrons. The van der Waals surface area contributed by atoms with E-state index in [2.05, 4.69) is 10.6 Å². The third-order valence-corrected chi connectivity index (χ3v) is 4.65. The van der Waals surface area contributed by atoms with E-state index in [0.717, 1.165) is 12.2 Å². The number of fused-ring (bicyclic) bond motifs is 1. The number of para-hydroxylation sites is 2. The minimum atomic E-state index is -3.78. The summed E-state index contributed by atoms with van der Waals surface area (Å²) in [7, 11) is -3.78. The molecule has 7 nitrogen and oxygen atoms in total. The zero-order chi connectivity index (χ0) is 14.9. The van der Waals surface area contributed by atoms with Crippen molar-refractivity contribution in [3.8, 4) is 5.75 Å². The van der Waals surface area contributed by atoms with Crippen LogP contribution in [-0.4, -0.2) is 38.4 Å². The quantitative estimate of drug-likeness (QED) is 0.725. The van der Waals surface area contributed by atoms with E-state index in [4.69, 9.17) is 9.88 Å². The number of anilines is 1. The van der Waals surface area contributed by atoms with Gasteiger partial charge in [-0.05, 0) is 25.1 Å². The van der Waals surface area contributed by atoms with E-state index in [0.29, 0.717) is 31.0 Å². The zero-order valence-corrected chi connectivity index (χ0v) is 12.3. The molecule has 1 fully saturated rings. The summed E-state index contributed by atoms with van der Waals surface area (Å²) in [5.41, 5.74) is 0.852. The Bertz CT molecular complexity index is 659. The molecule has 2 aliphatic rings. The van der Waals surface area contributed by atoms with Crippen molar-refractivity contribution in [2.75, 3.05) is 25.0 Å². The second kappa shape index (κ2) is 5.64. The Morgan fingerprint density at radius 3 is 2.95 bits per heavy atom. The molecule has 4 N–H and O–H groups in total. The Kier molecular flexibility index (Phi) is 3.85. The van der Waals surface area contributed by atoms with Crippen LogP contribution in [0.25, 0.3) is 0 Å². The maximum absolute atomic E-state index is 11.8. The molecule has 8 heteroatoms. The Balaban J connectivity index is 1.89. The number of nitrogens with zero attached hydrogens (tertiary/aromatic N) is 1. The van der Waals surface area contributed by atoms with Crippen molar-refractivity contribution in [1.82, 2.24) is 9.62 Å². The van der Waals surface area contributed by atoms with Gasteiger partial charge in [0.25, 0.3) is 10.2 Å². The normalized spacial score (nSPS) is 23.3. The van der Waals surface area contributed by atoms with E-state index < -0.39 is 16.3 Å². The van der Waals surface area contributed by atoms with Gasteiger partial charge < -0.3 is 15.4 Å². The van der Waals surface area contributed by atoms with E-state index in [1.807, 2.05) is 24.3 Å². The molecule has 1 aromatic rings. The molecule has 3 rings (SSSR count). The standard InChI is InChI=1S/C13H18N4O3S/c14-21(18,19)17-7-3-6-15-8-11(17)13-9-16-10-4-1-2-5-12(10)20-13/h1-2,4-5,9,11,15-16H,3,6-8H2,(H2,14,18,19). The maximum atomic E-state index is 11.8. The summed E-state index contributed by atoms with van der Waals surface area (Å²) in [6.07, 6.45) is 2.41. The van der Waals surface area contributed by atoms with Crippen LogP contribution < -0.4 is 20.5 Å². The first kappa shape index (κ1) is 14.3. The van der Waals surface area contributed by atoms with E-state index in [-0.39, 0.29) is 0 Å². The van der Waals surface area contributed by atoms with Crippen molar-refractivity contribution in [3.05, 3.63) is 36.2 Å². The monoisotopic (exact) mass is 310 g/mol. The molecule has 0 aromatic heterocycles. The summed E-state index contributed by atoms with van der Waals surface area (Å²) in [4.78, 5) is 0. The minimum Gasteiger partial charge on any atom is -0.456 e. The van der Waals surface area contributed by atoms with Crippen LogP contribution in [0.1, 0.15) is 6.42 Å². The molecule has 0 saturated carbocycles. The lowest BCUT2D eigenvalue weighted by atomic mass is 10.2. The average molecular weight is 310 g/mol. The van der Waals surface area contributed by atoms with E-state index in [1.54, 1.807) is 6.20 Å². The summed E-state index contributed by atoms with van der Waals surface area (Å²) < 4.78 is 30.8. The van der Waals surface area contributed by atoms with Gasteiger partial charge >= 0.3 is 0 Å². The molecular weight excluding hydrogens is 292 g/mol. The Hall–Kier alpha value is -1.61. The first-order valence-electron chi connectivity index (χ1n) is 6.79. The van der Waals surface area contributed by atoms with Gasteiger partial charge in [0, 0.05) is 19.3 Å². The van der Waals surface area contributed by atoms with Crippen LogP contribution in [-0.2, 0) is 10.2 Å². The largest absolute Gasteiger partial charge is 0.456 e. The zero-order valence-electron chi connectivity index (χ0n) is 11.5. The van der Waals surface area contributed by atoms with E-state index >= 15 is 0 Å². The van der Waals surface area contributed by atoms with Crippen LogP contribution in [0.4, 0.5) is 5.69 Å². The van der Waals surface area contributed by atoms with Crippen LogP contribution in [0.3, 0.4) is 0 Å². The molecule has 1 aromatic carbocycles. The first-order valence-corrected chi connectivity index (χ1v) is 8.30. The van der Waals surface area contributed by atoms with Crippen molar-refractivity contribution >= 4 is 15.9 Å². The van der Waals surface area contributed by atoms with Crippen LogP contribution in [0.2, 0.25) is 0 Å². The van der Waals surface area contributed by atoms with Gasteiger partial charge in [-0.25, -0.2) is 5.14 Å². The van der Waals surface area contributed by atoms with Crippen molar-refractivity contribution in [2.45, 2.75) is 12.5 Å². The van der Waals surface area contributed by atoms with Gasteiger partial charge in [0.15, 0.2) is 5.75 Å². The number of rotatable bonds is 2. The van der Waals surface area contributed by atoms with Gasteiger partial charge in [-0.2, -0.15) is 12.7 Å². The fourth-order valence-corrected chi connectivity index (χ4v) is 3.46. The highest BCUT2D eigenvalue weighted by Gasteiger charge is 2.33. The summed E-state index contributed by atoms with van der Waals surface area (Å²) in [5.74, 6) is 1.21. The number of benzene rings is 1. The van der Waals surface area contributed by atoms with E-state index in [9.17, 15) is 8.42 Å². The van der Waals surface area contributed by atoms with Gasteiger partial charge in [0.05, 0.1) is 11.7 Å². The average Bonchev–Trinajstić information content (AvgIpc) is 2.72. The molecule has 0 spiro atoms. The lowest BCUT2D eigenvalue weighted by Gasteiger charge is -2.30. The Morgan fingerprint density at radius 2 is 2.14 bits per heavy atom. The maximum Gasteiger partial charge on any atom is 0.277 e. The Labute approximate surface area is 123 Å². The van der Waals surface area contributed by atoms with Gasteiger partial charge in [0.2, 0.25) is 0 Å².